The van der Waals surface area contributed by atoms with E-state index >= 15 is 0 Å². The largest absolute Gasteiger partial charge is 0.480 e. The van der Waals surface area contributed by atoms with E-state index < -0.39 is 5.97 Å². The molecule has 3 heteroatoms. The summed E-state index contributed by atoms with van der Waals surface area (Å²) in [5.74, 6) is -0.0959. The number of para-hydroxylation sites is 1. The number of carboxylic acid groups (broad SMARTS) is 1. The minimum atomic E-state index is -0.758. The normalized spacial score (nSPS) is 16.0. The summed E-state index contributed by atoms with van der Waals surface area (Å²) in [6.45, 7) is 0.969. The molecule has 0 spiro atoms. The number of anilines is 1. The lowest BCUT2D eigenvalue weighted by atomic mass is 10.1. The smallest absolute Gasteiger partial charge is 0.323 e. The van der Waals surface area contributed by atoms with Gasteiger partial charge in [-0.05, 0) is 30.9 Å². The van der Waals surface area contributed by atoms with E-state index in [0.29, 0.717) is 5.92 Å². The van der Waals surface area contributed by atoms with E-state index in [-0.39, 0.29) is 6.54 Å². The topological polar surface area (TPSA) is 40.5 Å². The van der Waals surface area contributed by atoms with Crippen LogP contribution in [0.2, 0.25) is 0 Å². The minimum Gasteiger partial charge on any atom is -0.480 e. The molecule has 0 saturated heterocycles. The molecule has 0 aromatic heterocycles. The Morgan fingerprint density at radius 3 is 2.47 bits per heavy atom. The number of aliphatic carboxylic acids is 1. The molecular weight excluding hydrogens is 214 g/mol. The van der Waals surface area contributed by atoms with Gasteiger partial charge in [-0.15, -0.1) is 0 Å². The first-order valence-corrected chi connectivity index (χ1v) is 6.27. The second-order valence-corrected chi connectivity index (χ2v) is 4.76. The van der Waals surface area contributed by atoms with Gasteiger partial charge in [-0.3, -0.25) is 4.79 Å². The SMILES string of the molecule is O=C(O)CN(CC1CCCC1)c1ccccc1. The lowest BCUT2D eigenvalue weighted by Gasteiger charge is -2.26. The van der Waals surface area contributed by atoms with E-state index in [1.54, 1.807) is 0 Å². The summed E-state index contributed by atoms with van der Waals surface area (Å²) in [6, 6.07) is 9.84. The van der Waals surface area contributed by atoms with Gasteiger partial charge in [0.25, 0.3) is 0 Å². The van der Waals surface area contributed by atoms with Crippen molar-refractivity contribution in [1.29, 1.82) is 0 Å². The van der Waals surface area contributed by atoms with Crippen LogP contribution >= 0.6 is 0 Å². The number of carbonyl (C=O) groups is 1. The van der Waals surface area contributed by atoms with Crippen LogP contribution in [0.25, 0.3) is 0 Å². The second kappa shape index (κ2) is 5.71. The van der Waals surface area contributed by atoms with Crippen LogP contribution in [0.15, 0.2) is 30.3 Å². The Labute approximate surface area is 102 Å². The molecule has 1 fully saturated rings. The molecule has 0 radical (unpaired) electrons. The molecule has 0 amide bonds. The molecule has 0 atom stereocenters. The lowest BCUT2D eigenvalue weighted by molar-refractivity contribution is -0.135. The summed E-state index contributed by atoms with van der Waals surface area (Å²) < 4.78 is 0. The van der Waals surface area contributed by atoms with E-state index in [4.69, 9.17) is 5.11 Å². The van der Waals surface area contributed by atoms with Crippen LogP contribution in [-0.2, 0) is 4.79 Å². The summed E-state index contributed by atoms with van der Waals surface area (Å²) in [5.41, 5.74) is 1.02. The molecule has 17 heavy (non-hydrogen) atoms. The molecule has 0 heterocycles. The molecule has 0 unspecified atom stereocenters. The van der Waals surface area contributed by atoms with Crippen LogP contribution in [0.3, 0.4) is 0 Å². The number of hydrogen-bond acceptors (Lipinski definition) is 2. The molecule has 1 aromatic carbocycles. The highest BCUT2D eigenvalue weighted by Crippen LogP contribution is 2.27. The van der Waals surface area contributed by atoms with Crippen molar-refractivity contribution in [2.75, 3.05) is 18.0 Å². The fourth-order valence-electron chi connectivity index (χ4n) is 2.57. The van der Waals surface area contributed by atoms with Crippen molar-refractivity contribution < 1.29 is 9.90 Å². The van der Waals surface area contributed by atoms with Crippen molar-refractivity contribution in [3.05, 3.63) is 30.3 Å². The third-order valence-corrected chi connectivity index (χ3v) is 3.40. The molecule has 1 aliphatic carbocycles. The summed E-state index contributed by atoms with van der Waals surface area (Å²) in [5, 5.41) is 8.98. The lowest BCUT2D eigenvalue weighted by Crippen LogP contribution is -2.33. The van der Waals surface area contributed by atoms with Gasteiger partial charge in [0.15, 0.2) is 0 Å². The summed E-state index contributed by atoms with van der Waals surface area (Å²) >= 11 is 0. The van der Waals surface area contributed by atoms with Crippen LogP contribution in [0.1, 0.15) is 25.7 Å². The maximum absolute atomic E-state index is 10.9. The van der Waals surface area contributed by atoms with Crippen LogP contribution in [0.5, 0.6) is 0 Å². The highest BCUT2D eigenvalue weighted by molar-refractivity contribution is 5.73. The molecule has 1 aliphatic rings. The Bertz CT molecular complexity index is 358. The first-order valence-electron chi connectivity index (χ1n) is 6.27. The molecular formula is C14H19NO2. The molecule has 2 rings (SSSR count). The number of benzene rings is 1. The molecule has 0 aliphatic heterocycles. The maximum Gasteiger partial charge on any atom is 0.323 e. The van der Waals surface area contributed by atoms with Crippen molar-refractivity contribution >= 4 is 11.7 Å². The first kappa shape index (κ1) is 12.0. The van der Waals surface area contributed by atoms with Crippen LogP contribution in [-0.4, -0.2) is 24.2 Å². The van der Waals surface area contributed by atoms with E-state index in [0.717, 1.165) is 12.2 Å². The summed E-state index contributed by atoms with van der Waals surface area (Å²) in [7, 11) is 0. The number of nitrogens with zero attached hydrogens (tertiary/aromatic N) is 1. The van der Waals surface area contributed by atoms with Crippen molar-refractivity contribution in [2.45, 2.75) is 25.7 Å². The van der Waals surface area contributed by atoms with Crippen LogP contribution in [0, 0.1) is 5.92 Å². The fourth-order valence-corrected chi connectivity index (χ4v) is 2.57. The van der Waals surface area contributed by atoms with Crippen molar-refractivity contribution in [3.63, 3.8) is 0 Å². The van der Waals surface area contributed by atoms with Gasteiger partial charge in [-0.2, -0.15) is 0 Å². The van der Waals surface area contributed by atoms with Gasteiger partial charge in [0.05, 0.1) is 0 Å². The third kappa shape index (κ3) is 3.48. The predicted octanol–water partition coefficient (Wildman–Crippen LogP) is 2.77. The van der Waals surface area contributed by atoms with Gasteiger partial charge in [0, 0.05) is 12.2 Å². The minimum absolute atomic E-state index is 0.0977. The first-order chi connectivity index (χ1) is 8.25. The zero-order valence-electron chi connectivity index (χ0n) is 10.0. The average molecular weight is 233 g/mol. The second-order valence-electron chi connectivity index (χ2n) is 4.76. The van der Waals surface area contributed by atoms with Crippen LogP contribution < -0.4 is 4.90 Å². The highest BCUT2D eigenvalue weighted by Gasteiger charge is 2.20. The Balaban J connectivity index is 2.04. The van der Waals surface area contributed by atoms with Crippen molar-refractivity contribution in [3.8, 4) is 0 Å². The van der Waals surface area contributed by atoms with Gasteiger partial charge >= 0.3 is 5.97 Å². The Morgan fingerprint density at radius 1 is 1.24 bits per heavy atom. The molecule has 3 nitrogen and oxygen atoms in total. The summed E-state index contributed by atoms with van der Waals surface area (Å²) in [4.78, 5) is 12.9. The molecule has 1 N–H and O–H groups in total. The fraction of sp³-hybridized carbons (Fsp3) is 0.500. The van der Waals surface area contributed by atoms with Crippen molar-refractivity contribution in [1.82, 2.24) is 0 Å². The van der Waals surface area contributed by atoms with Gasteiger partial charge in [0.2, 0.25) is 0 Å². The zero-order valence-corrected chi connectivity index (χ0v) is 10.0. The van der Waals surface area contributed by atoms with Crippen LogP contribution in [0.4, 0.5) is 5.69 Å². The number of rotatable bonds is 5. The Hall–Kier alpha value is -1.51. The quantitative estimate of drug-likeness (QED) is 0.850. The number of hydrogen-bond donors (Lipinski definition) is 1. The third-order valence-electron chi connectivity index (χ3n) is 3.40. The zero-order chi connectivity index (χ0) is 12.1. The van der Waals surface area contributed by atoms with Gasteiger partial charge in [-0.1, -0.05) is 31.0 Å². The standard InChI is InChI=1S/C14H19NO2/c16-14(17)11-15(10-12-6-4-5-7-12)13-8-2-1-3-9-13/h1-3,8-9,12H,4-7,10-11H2,(H,16,17). The number of carboxylic acids is 1. The highest BCUT2D eigenvalue weighted by atomic mass is 16.4. The van der Waals surface area contributed by atoms with E-state index in [1.165, 1.54) is 25.7 Å². The summed E-state index contributed by atoms with van der Waals surface area (Å²) in [6.07, 6.45) is 5.06. The van der Waals surface area contributed by atoms with Gasteiger partial charge < -0.3 is 10.0 Å². The van der Waals surface area contributed by atoms with E-state index in [1.807, 2.05) is 35.2 Å². The van der Waals surface area contributed by atoms with E-state index in [2.05, 4.69) is 0 Å². The average Bonchev–Trinajstić information content (AvgIpc) is 2.82. The van der Waals surface area contributed by atoms with Gasteiger partial charge in [0.1, 0.15) is 6.54 Å². The molecule has 0 bridgehead atoms. The molecule has 1 saturated carbocycles. The van der Waals surface area contributed by atoms with E-state index in [9.17, 15) is 4.79 Å². The maximum atomic E-state index is 10.9. The molecule has 1 aromatic rings. The monoisotopic (exact) mass is 233 g/mol. The predicted molar refractivity (Wildman–Crippen MR) is 68.2 cm³/mol. The Kier molecular flexibility index (Phi) is 4.02. The Morgan fingerprint density at radius 2 is 1.88 bits per heavy atom. The molecule has 92 valence electrons. The van der Waals surface area contributed by atoms with Crippen molar-refractivity contribution in [2.24, 2.45) is 5.92 Å². The van der Waals surface area contributed by atoms with Gasteiger partial charge in [-0.25, -0.2) is 0 Å².